The molecule has 1 atom stereocenters. The molecular weight excluding hydrogens is 282 g/mol. The lowest BCUT2D eigenvalue weighted by molar-refractivity contribution is 0.419. The molecule has 0 amide bonds. The fourth-order valence-corrected chi connectivity index (χ4v) is 3.09. The number of para-hydroxylation sites is 1. The Labute approximate surface area is 108 Å². The fourth-order valence-electron chi connectivity index (χ4n) is 2.43. The average Bonchev–Trinajstić information content (AvgIpc) is 2.93. The molecule has 1 unspecified atom stereocenters. The molecule has 0 aliphatic carbocycles. The zero-order valence-electron chi connectivity index (χ0n) is 9.61. The van der Waals surface area contributed by atoms with Gasteiger partial charge in [0, 0.05) is 12.6 Å². The third-order valence-corrected chi connectivity index (χ3v) is 3.82. The summed E-state index contributed by atoms with van der Waals surface area (Å²) < 4.78 is 8.47. The quantitative estimate of drug-likeness (QED) is 0.924. The molecule has 3 rings (SSSR count). The van der Waals surface area contributed by atoms with Crippen molar-refractivity contribution < 1.29 is 4.74 Å². The van der Waals surface area contributed by atoms with Crippen LogP contribution in [0.5, 0.6) is 5.75 Å². The van der Waals surface area contributed by atoms with E-state index < -0.39 is 0 Å². The fraction of sp³-hybridized carbons (Fsp3) is 0.417. The second kappa shape index (κ2) is 4.31. The number of rotatable bonds is 2. The lowest BCUT2D eigenvalue weighted by Gasteiger charge is -2.13. The van der Waals surface area contributed by atoms with Gasteiger partial charge in [0.2, 0.25) is 0 Å². The number of benzene rings is 1. The molecular formula is C12H14BrN3O. The Bertz CT molecular complexity index is 546. The maximum atomic E-state index is 5.35. The van der Waals surface area contributed by atoms with Gasteiger partial charge in [-0.3, -0.25) is 0 Å². The number of hydrogen-bond donors (Lipinski definition) is 1. The van der Waals surface area contributed by atoms with E-state index in [0.29, 0.717) is 6.04 Å². The predicted molar refractivity (Wildman–Crippen MR) is 70.5 cm³/mol. The second-order valence-corrected chi connectivity index (χ2v) is 4.93. The molecule has 90 valence electrons. The maximum absolute atomic E-state index is 5.35. The van der Waals surface area contributed by atoms with E-state index in [2.05, 4.69) is 36.9 Å². The van der Waals surface area contributed by atoms with Crippen molar-refractivity contribution >= 4 is 27.0 Å². The van der Waals surface area contributed by atoms with Crippen molar-refractivity contribution in [2.24, 2.45) is 0 Å². The van der Waals surface area contributed by atoms with Crippen LogP contribution in [0.15, 0.2) is 22.9 Å². The lowest BCUT2D eigenvalue weighted by Crippen LogP contribution is -2.13. The monoisotopic (exact) mass is 295 g/mol. The van der Waals surface area contributed by atoms with Crippen molar-refractivity contribution in [3.63, 3.8) is 0 Å². The van der Waals surface area contributed by atoms with Gasteiger partial charge in [-0.1, -0.05) is 6.07 Å². The SMILES string of the molecule is COc1cccc2c1nc(Br)n2C1CCNC1. The first-order chi connectivity index (χ1) is 8.31. The van der Waals surface area contributed by atoms with Crippen molar-refractivity contribution in [2.75, 3.05) is 20.2 Å². The normalized spacial score (nSPS) is 20.0. The number of hydrogen-bond acceptors (Lipinski definition) is 3. The summed E-state index contributed by atoms with van der Waals surface area (Å²) in [5, 5.41) is 3.38. The van der Waals surface area contributed by atoms with E-state index in [1.165, 1.54) is 0 Å². The Morgan fingerprint density at radius 3 is 3.12 bits per heavy atom. The molecule has 17 heavy (non-hydrogen) atoms. The van der Waals surface area contributed by atoms with E-state index >= 15 is 0 Å². The van der Waals surface area contributed by atoms with Crippen LogP contribution in [0.25, 0.3) is 11.0 Å². The number of nitrogens with one attached hydrogen (secondary N) is 1. The van der Waals surface area contributed by atoms with Crippen molar-refractivity contribution in [2.45, 2.75) is 12.5 Å². The Hall–Kier alpha value is -1.07. The van der Waals surface area contributed by atoms with Crippen LogP contribution in [-0.2, 0) is 0 Å². The molecule has 2 heterocycles. The van der Waals surface area contributed by atoms with Gasteiger partial charge in [0.05, 0.1) is 12.6 Å². The summed E-state index contributed by atoms with van der Waals surface area (Å²) >= 11 is 3.55. The first kappa shape index (κ1) is 11.0. The van der Waals surface area contributed by atoms with Crippen LogP contribution in [0, 0.1) is 0 Å². The number of nitrogens with zero attached hydrogens (tertiary/aromatic N) is 2. The number of imidazole rings is 1. The molecule has 0 spiro atoms. The molecule has 0 radical (unpaired) electrons. The Kier molecular flexibility index (Phi) is 2.80. The van der Waals surface area contributed by atoms with E-state index in [4.69, 9.17) is 4.74 Å². The predicted octanol–water partition coefficient (Wildman–Crippen LogP) is 2.34. The Balaban J connectivity index is 2.20. The van der Waals surface area contributed by atoms with Crippen LogP contribution in [0.1, 0.15) is 12.5 Å². The summed E-state index contributed by atoms with van der Waals surface area (Å²) in [7, 11) is 1.68. The first-order valence-electron chi connectivity index (χ1n) is 5.72. The molecule has 0 bridgehead atoms. The van der Waals surface area contributed by atoms with Gasteiger partial charge in [0.1, 0.15) is 11.3 Å². The Morgan fingerprint density at radius 1 is 1.53 bits per heavy atom. The van der Waals surface area contributed by atoms with Crippen LogP contribution in [0.2, 0.25) is 0 Å². The van der Waals surface area contributed by atoms with Crippen LogP contribution in [0.4, 0.5) is 0 Å². The zero-order chi connectivity index (χ0) is 11.8. The van der Waals surface area contributed by atoms with Gasteiger partial charge >= 0.3 is 0 Å². The third kappa shape index (κ3) is 1.73. The number of methoxy groups -OCH3 is 1. The summed E-state index contributed by atoms with van der Waals surface area (Å²) in [6.07, 6.45) is 1.14. The van der Waals surface area contributed by atoms with Crippen LogP contribution >= 0.6 is 15.9 Å². The van der Waals surface area contributed by atoms with E-state index in [9.17, 15) is 0 Å². The molecule has 1 N–H and O–H groups in total. The number of aromatic nitrogens is 2. The highest BCUT2D eigenvalue weighted by molar-refractivity contribution is 9.10. The van der Waals surface area contributed by atoms with Gasteiger partial charge in [-0.25, -0.2) is 4.98 Å². The van der Waals surface area contributed by atoms with Crippen molar-refractivity contribution in [1.82, 2.24) is 14.9 Å². The Morgan fingerprint density at radius 2 is 2.41 bits per heavy atom. The minimum absolute atomic E-state index is 0.474. The van der Waals surface area contributed by atoms with E-state index in [1.807, 2.05) is 12.1 Å². The molecule has 0 saturated carbocycles. The van der Waals surface area contributed by atoms with Gasteiger partial charge in [0.25, 0.3) is 0 Å². The third-order valence-electron chi connectivity index (χ3n) is 3.26. The lowest BCUT2D eigenvalue weighted by atomic mass is 10.2. The minimum atomic E-state index is 0.474. The molecule has 1 aliphatic heterocycles. The smallest absolute Gasteiger partial charge is 0.178 e. The van der Waals surface area contributed by atoms with E-state index in [1.54, 1.807) is 7.11 Å². The van der Waals surface area contributed by atoms with Gasteiger partial charge in [0.15, 0.2) is 4.73 Å². The molecule has 4 nitrogen and oxygen atoms in total. The molecule has 1 fully saturated rings. The largest absolute Gasteiger partial charge is 0.494 e. The average molecular weight is 296 g/mol. The molecule has 1 saturated heterocycles. The summed E-state index contributed by atoms with van der Waals surface area (Å²) in [6, 6.07) is 6.52. The molecule has 2 aromatic rings. The van der Waals surface area contributed by atoms with Crippen LogP contribution in [-0.4, -0.2) is 29.8 Å². The number of halogens is 1. The van der Waals surface area contributed by atoms with Crippen LogP contribution in [0.3, 0.4) is 0 Å². The highest BCUT2D eigenvalue weighted by Crippen LogP contribution is 2.32. The van der Waals surface area contributed by atoms with Gasteiger partial charge in [-0.2, -0.15) is 0 Å². The number of fused-ring (bicyclic) bond motifs is 1. The first-order valence-corrected chi connectivity index (χ1v) is 6.51. The highest BCUT2D eigenvalue weighted by atomic mass is 79.9. The van der Waals surface area contributed by atoms with Gasteiger partial charge in [-0.15, -0.1) is 0 Å². The molecule has 1 aromatic carbocycles. The maximum Gasteiger partial charge on any atom is 0.178 e. The number of ether oxygens (including phenoxy) is 1. The topological polar surface area (TPSA) is 39.1 Å². The van der Waals surface area contributed by atoms with Crippen LogP contribution < -0.4 is 10.1 Å². The second-order valence-electron chi connectivity index (χ2n) is 4.23. The standard InChI is InChI=1S/C12H14BrN3O/c1-17-10-4-2-3-9-11(10)15-12(13)16(9)8-5-6-14-7-8/h2-4,8,14H,5-7H2,1H3. The zero-order valence-corrected chi connectivity index (χ0v) is 11.2. The summed E-state index contributed by atoms with van der Waals surface area (Å²) in [4.78, 5) is 4.56. The minimum Gasteiger partial charge on any atom is -0.494 e. The van der Waals surface area contributed by atoms with Crippen molar-refractivity contribution in [3.8, 4) is 5.75 Å². The molecule has 5 heteroatoms. The molecule has 1 aliphatic rings. The van der Waals surface area contributed by atoms with Crippen molar-refractivity contribution in [3.05, 3.63) is 22.9 Å². The summed E-state index contributed by atoms with van der Waals surface area (Å²) in [5.74, 6) is 0.827. The van der Waals surface area contributed by atoms with E-state index in [-0.39, 0.29) is 0 Å². The van der Waals surface area contributed by atoms with Gasteiger partial charge in [-0.05, 0) is 41.0 Å². The summed E-state index contributed by atoms with van der Waals surface area (Å²) in [5.41, 5.74) is 2.05. The molecule has 1 aromatic heterocycles. The van der Waals surface area contributed by atoms with Gasteiger partial charge < -0.3 is 14.6 Å². The summed E-state index contributed by atoms with van der Waals surface area (Å²) in [6.45, 7) is 2.07. The van der Waals surface area contributed by atoms with Crippen molar-refractivity contribution in [1.29, 1.82) is 0 Å². The van der Waals surface area contributed by atoms with E-state index in [0.717, 1.165) is 41.0 Å². The highest BCUT2D eigenvalue weighted by Gasteiger charge is 2.22.